The molecule has 1 aliphatic rings. The lowest BCUT2D eigenvalue weighted by Crippen LogP contribution is -2.28. The van der Waals surface area contributed by atoms with Crippen LogP contribution in [0.5, 0.6) is 0 Å². The van der Waals surface area contributed by atoms with Gasteiger partial charge in [0.25, 0.3) is 0 Å². The molecule has 2 aromatic carbocycles. The Morgan fingerprint density at radius 2 is 2.05 bits per heavy atom. The number of para-hydroxylation sites is 1. The summed E-state index contributed by atoms with van der Waals surface area (Å²) in [6.07, 6.45) is 0. The van der Waals surface area contributed by atoms with Gasteiger partial charge in [0.2, 0.25) is 0 Å². The van der Waals surface area contributed by atoms with Crippen molar-refractivity contribution >= 4 is 33.2 Å². The number of rotatable bonds is 2. The third-order valence-corrected chi connectivity index (χ3v) is 4.44. The maximum atomic E-state index is 6.32. The van der Waals surface area contributed by atoms with E-state index >= 15 is 0 Å². The first-order valence-corrected chi connectivity index (χ1v) is 7.88. The van der Waals surface area contributed by atoms with Gasteiger partial charge in [-0.1, -0.05) is 45.7 Å². The number of nitrogens with one attached hydrogen (secondary N) is 1. The molecule has 20 heavy (non-hydrogen) atoms. The number of nitrogens with zero attached hydrogens (tertiary/aromatic N) is 1. The van der Waals surface area contributed by atoms with Crippen LogP contribution < -0.4 is 10.2 Å². The molecule has 0 amide bonds. The van der Waals surface area contributed by atoms with Gasteiger partial charge in [-0.15, -0.1) is 0 Å². The van der Waals surface area contributed by atoms with E-state index in [1.165, 1.54) is 11.3 Å². The monoisotopic (exact) mass is 350 g/mol. The van der Waals surface area contributed by atoms with Gasteiger partial charge in [0.1, 0.15) is 0 Å². The van der Waals surface area contributed by atoms with Gasteiger partial charge in [0.05, 0.1) is 0 Å². The van der Waals surface area contributed by atoms with Gasteiger partial charge in [0.15, 0.2) is 0 Å². The summed E-state index contributed by atoms with van der Waals surface area (Å²) >= 11 is 9.84. The molecule has 104 valence electrons. The largest absolute Gasteiger partial charge is 0.366 e. The number of fused-ring (bicyclic) bond motifs is 1. The zero-order chi connectivity index (χ0) is 13.9. The van der Waals surface area contributed by atoms with Gasteiger partial charge in [-0.05, 0) is 35.4 Å². The highest BCUT2D eigenvalue weighted by Gasteiger charge is 2.15. The van der Waals surface area contributed by atoms with E-state index in [9.17, 15) is 0 Å². The van der Waals surface area contributed by atoms with Crippen molar-refractivity contribution in [2.24, 2.45) is 0 Å². The standard InChI is InChI=1S/C16H16BrClN2/c17-14-5-6-15(18)13(9-14)11-20-8-7-19-10-12-3-1-2-4-16(12)20/h1-6,9,19H,7-8,10-11H2. The molecular formula is C16H16BrClN2. The zero-order valence-corrected chi connectivity index (χ0v) is 13.4. The van der Waals surface area contributed by atoms with E-state index in [1.54, 1.807) is 0 Å². The van der Waals surface area contributed by atoms with E-state index in [-0.39, 0.29) is 0 Å². The van der Waals surface area contributed by atoms with Crippen LogP contribution in [0.15, 0.2) is 46.9 Å². The quantitative estimate of drug-likeness (QED) is 0.872. The van der Waals surface area contributed by atoms with Crippen LogP contribution in [0.3, 0.4) is 0 Å². The SMILES string of the molecule is Clc1ccc(Br)cc1CN1CCNCc2ccccc21. The Hall–Kier alpha value is -1.03. The number of hydrogen-bond acceptors (Lipinski definition) is 2. The Balaban J connectivity index is 1.92. The first-order chi connectivity index (χ1) is 9.74. The third-order valence-electron chi connectivity index (χ3n) is 3.58. The van der Waals surface area contributed by atoms with Gasteiger partial charge in [0, 0.05) is 41.4 Å². The van der Waals surface area contributed by atoms with Crippen LogP contribution in [0.2, 0.25) is 5.02 Å². The Bertz CT molecular complexity index is 615. The molecule has 4 heteroatoms. The maximum Gasteiger partial charge on any atom is 0.0456 e. The van der Waals surface area contributed by atoms with Crippen LogP contribution in [0, 0.1) is 0 Å². The molecule has 0 fully saturated rings. The normalized spacial score (nSPS) is 14.8. The average Bonchev–Trinajstić information content (AvgIpc) is 2.66. The molecule has 0 spiro atoms. The van der Waals surface area contributed by atoms with Crippen molar-refractivity contribution in [3.63, 3.8) is 0 Å². The minimum absolute atomic E-state index is 0.822. The highest BCUT2D eigenvalue weighted by atomic mass is 79.9. The summed E-state index contributed by atoms with van der Waals surface area (Å²) in [6.45, 7) is 3.73. The molecule has 3 rings (SSSR count). The van der Waals surface area contributed by atoms with Crippen LogP contribution in [0.4, 0.5) is 5.69 Å². The van der Waals surface area contributed by atoms with Crippen molar-refractivity contribution in [2.75, 3.05) is 18.0 Å². The first-order valence-electron chi connectivity index (χ1n) is 6.71. The lowest BCUT2D eigenvalue weighted by molar-refractivity contribution is 0.688. The highest BCUT2D eigenvalue weighted by Crippen LogP contribution is 2.27. The second kappa shape index (κ2) is 6.17. The minimum atomic E-state index is 0.822. The van der Waals surface area contributed by atoms with E-state index in [1.807, 2.05) is 12.1 Å². The summed E-state index contributed by atoms with van der Waals surface area (Å²) in [5, 5.41) is 4.28. The molecule has 1 aliphatic heterocycles. The fourth-order valence-electron chi connectivity index (χ4n) is 2.56. The van der Waals surface area contributed by atoms with Gasteiger partial charge in [-0.25, -0.2) is 0 Å². The Morgan fingerprint density at radius 3 is 2.95 bits per heavy atom. The van der Waals surface area contributed by atoms with Crippen LogP contribution >= 0.6 is 27.5 Å². The molecule has 0 aromatic heterocycles. The minimum Gasteiger partial charge on any atom is -0.366 e. The van der Waals surface area contributed by atoms with Crippen LogP contribution in [-0.2, 0) is 13.1 Å². The average molecular weight is 352 g/mol. The number of anilines is 1. The zero-order valence-electron chi connectivity index (χ0n) is 11.1. The fraction of sp³-hybridized carbons (Fsp3) is 0.250. The molecule has 0 aliphatic carbocycles. The van der Waals surface area contributed by atoms with Crippen molar-refractivity contribution in [1.82, 2.24) is 5.32 Å². The molecular weight excluding hydrogens is 336 g/mol. The molecule has 0 saturated heterocycles. The fourth-order valence-corrected chi connectivity index (χ4v) is 3.15. The molecule has 2 aromatic rings. The summed E-state index contributed by atoms with van der Waals surface area (Å²) in [4.78, 5) is 2.39. The lowest BCUT2D eigenvalue weighted by atomic mass is 10.1. The molecule has 0 saturated carbocycles. The van der Waals surface area contributed by atoms with E-state index in [0.717, 1.165) is 41.2 Å². The topological polar surface area (TPSA) is 15.3 Å². The molecule has 1 heterocycles. The van der Waals surface area contributed by atoms with E-state index < -0.39 is 0 Å². The molecule has 2 nitrogen and oxygen atoms in total. The molecule has 0 atom stereocenters. The Labute approximate surface area is 132 Å². The van der Waals surface area contributed by atoms with Gasteiger partial charge in [-0.3, -0.25) is 0 Å². The second-order valence-electron chi connectivity index (χ2n) is 4.96. The summed E-state index contributed by atoms with van der Waals surface area (Å²) in [5.74, 6) is 0. The lowest BCUT2D eigenvalue weighted by Gasteiger charge is -2.25. The van der Waals surface area contributed by atoms with Gasteiger partial charge < -0.3 is 10.2 Å². The van der Waals surface area contributed by atoms with Crippen molar-refractivity contribution in [3.8, 4) is 0 Å². The summed E-state index contributed by atoms with van der Waals surface area (Å²) in [5.41, 5.74) is 3.79. The van der Waals surface area contributed by atoms with Crippen molar-refractivity contribution in [2.45, 2.75) is 13.1 Å². The number of hydrogen-bond donors (Lipinski definition) is 1. The predicted molar refractivity (Wildman–Crippen MR) is 88.4 cm³/mol. The smallest absolute Gasteiger partial charge is 0.0456 e. The molecule has 0 unspecified atom stereocenters. The molecule has 1 N–H and O–H groups in total. The molecule has 0 bridgehead atoms. The van der Waals surface area contributed by atoms with E-state index in [0.29, 0.717) is 0 Å². The first kappa shape index (κ1) is 13.9. The summed E-state index contributed by atoms with van der Waals surface area (Å²) in [6, 6.07) is 14.6. The Kier molecular flexibility index (Phi) is 4.29. The predicted octanol–water partition coefficient (Wildman–Crippen LogP) is 4.21. The number of halogens is 2. The maximum absolute atomic E-state index is 6.32. The highest BCUT2D eigenvalue weighted by molar-refractivity contribution is 9.10. The summed E-state index contributed by atoms with van der Waals surface area (Å²) in [7, 11) is 0. The number of benzene rings is 2. The van der Waals surface area contributed by atoms with Gasteiger partial charge in [-0.2, -0.15) is 0 Å². The van der Waals surface area contributed by atoms with Gasteiger partial charge >= 0.3 is 0 Å². The van der Waals surface area contributed by atoms with Crippen LogP contribution in [0.1, 0.15) is 11.1 Å². The van der Waals surface area contributed by atoms with Crippen molar-refractivity contribution < 1.29 is 0 Å². The van der Waals surface area contributed by atoms with Crippen LogP contribution in [-0.4, -0.2) is 13.1 Å². The van der Waals surface area contributed by atoms with E-state index in [4.69, 9.17) is 11.6 Å². The second-order valence-corrected chi connectivity index (χ2v) is 6.29. The summed E-state index contributed by atoms with van der Waals surface area (Å²) < 4.78 is 1.07. The van der Waals surface area contributed by atoms with Crippen molar-refractivity contribution in [3.05, 3.63) is 63.1 Å². The Morgan fingerprint density at radius 1 is 1.20 bits per heavy atom. The van der Waals surface area contributed by atoms with Crippen molar-refractivity contribution in [1.29, 1.82) is 0 Å². The van der Waals surface area contributed by atoms with Crippen LogP contribution in [0.25, 0.3) is 0 Å². The van der Waals surface area contributed by atoms with E-state index in [2.05, 4.69) is 56.5 Å². The molecule has 0 radical (unpaired) electrons. The third kappa shape index (κ3) is 3.00.